The van der Waals surface area contributed by atoms with E-state index in [1.54, 1.807) is 27.7 Å². The number of hydrogen-bond donors (Lipinski definition) is 1. The third-order valence-corrected chi connectivity index (χ3v) is 3.15. The molecule has 0 spiro atoms. The quantitative estimate of drug-likeness (QED) is 0.751. The molecular weight excluding hydrogens is 324 g/mol. The first kappa shape index (κ1) is 18.6. The van der Waals surface area contributed by atoms with Gasteiger partial charge in [-0.1, -0.05) is 15.9 Å². The predicted molar refractivity (Wildman–Crippen MR) is 73.0 cm³/mol. The third kappa shape index (κ3) is 10.1. The molecule has 0 aliphatic rings. The van der Waals surface area contributed by atoms with Gasteiger partial charge in [-0.15, -0.1) is 0 Å². The molecule has 0 bridgehead atoms. The van der Waals surface area contributed by atoms with Crippen LogP contribution in [0.2, 0.25) is 0 Å². The lowest BCUT2D eigenvalue weighted by Gasteiger charge is -2.30. The number of amides is 1. The van der Waals surface area contributed by atoms with Gasteiger partial charge in [-0.3, -0.25) is 0 Å². The molecule has 1 amide bonds. The van der Waals surface area contributed by atoms with Crippen molar-refractivity contribution in [1.29, 1.82) is 0 Å². The molecule has 1 unspecified atom stereocenters. The maximum absolute atomic E-state index is 12.8. The molecule has 0 aliphatic carbocycles. The van der Waals surface area contributed by atoms with Crippen LogP contribution in [0.1, 0.15) is 34.6 Å². The van der Waals surface area contributed by atoms with E-state index in [0.29, 0.717) is 5.33 Å². The van der Waals surface area contributed by atoms with E-state index < -0.39 is 29.8 Å². The minimum absolute atomic E-state index is 0.0727. The average molecular weight is 346 g/mol. The molecule has 0 heterocycles. The Morgan fingerprint density at radius 1 is 1.21 bits per heavy atom. The van der Waals surface area contributed by atoms with Crippen LogP contribution >= 0.6 is 15.9 Å². The van der Waals surface area contributed by atoms with Gasteiger partial charge in [0.2, 0.25) is 0 Å². The van der Waals surface area contributed by atoms with Crippen molar-refractivity contribution in [3.05, 3.63) is 0 Å². The Labute approximate surface area is 121 Å². The van der Waals surface area contributed by atoms with Crippen molar-refractivity contribution in [2.75, 3.05) is 18.5 Å². The molecule has 4 nitrogen and oxygen atoms in total. The van der Waals surface area contributed by atoms with Gasteiger partial charge in [0.05, 0.1) is 12.1 Å². The third-order valence-electron chi connectivity index (χ3n) is 1.96. The number of alkyl carbamates (subject to hydrolysis) is 1. The first-order valence-electron chi connectivity index (χ1n) is 5.91. The molecule has 0 aliphatic heterocycles. The molecule has 0 saturated carbocycles. The molecule has 7 heteroatoms. The van der Waals surface area contributed by atoms with Gasteiger partial charge >= 0.3 is 6.09 Å². The van der Waals surface area contributed by atoms with Gasteiger partial charge in [0.1, 0.15) is 12.2 Å². The summed E-state index contributed by atoms with van der Waals surface area (Å²) >= 11 is 3.19. The number of halogens is 3. The van der Waals surface area contributed by atoms with Gasteiger partial charge in [0.25, 0.3) is 5.92 Å². The van der Waals surface area contributed by atoms with Crippen molar-refractivity contribution in [2.24, 2.45) is 0 Å². The molecule has 0 radical (unpaired) electrons. The molecule has 1 atom stereocenters. The van der Waals surface area contributed by atoms with Crippen LogP contribution in [0.3, 0.4) is 0 Å². The molecular formula is C12H22BrF2NO3. The van der Waals surface area contributed by atoms with Gasteiger partial charge in [-0.2, -0.15) is 0 Å². The summed E-state index contributed by atoms with van der Waals surface area (Å²) in [6, 6.07) is 0. The smallest absolute Gasteiger partial charge is 0.407 e. The lowest BCUT2D eigenvalue weighted by molar-refractivity contribution is -0.114. The number of nitrogens with one attached hydrogen (secondary N) is 1. The monoisotopic (exact) mass is 345 g/mol. The Morgan fingerprint density at radius 2 is 1.74 bits per heavy atom. The number of ether oxygens (including phenoxy) is 2. The molecule has 0 rings (SSSR count). The summed E-state index contributed by atoms with van der Waals surface area (Å²) in [7, 11) is 0. The van der Waals surface area contributed by atoms with E-state index in [-0.39, 0.29) is 6.54 Å². The number of alkyl halides is 3. The van der Waals surface area contributed by atoms with Crippen LogP contribution < -0.4 is 5.32 Å². The Bertz CT molecular complexity index is 302. The molecule has 114 valence electrons. The van der Waals surface area contributed by atoms with Gasteiger partial charge < -0.3 is 14.8 Å². The lowest BCUT2D eigenvalue weighted by atomic mass is 10.1. The topological polar surface area (TPSA) is 47.6 Å². The second kappa shape index (κ2) is 6.83. The lowest BCUT2D eigenvalue weighted by Crippen LogP contribution is -2.47. The summed E-state index contributed by atoms with van der Waals surface area (Å²) in [5.74, 6) is -2.91. The Hall–Kier alpha value is -0.430. The maximum atomic E-state index is 12.8. The summed E-state index contributed by atoms with van der Waals surface area (Å²) in [6.07, 6.45) is -0.605. The van der Waals surface area contributed by atoms with E-state index in [1.165, 1.54) is 0 Å². The zero-order valence-corrected chi connectivity index (χ0v) is 13.6. The summed E-state index contributed by atoms with van der Waals surface area (Å²) in [6.45, 7) is 7.00. The van der Waals surface area contributed by atoms with Crippen molar-refractivity contribution < 1.29 is 23.0 Å². The SMILES string of the molecule is CC(F)(F)COC(C)(CBr)CNC(=O)OC(C)(C)C. The van der Waals surface area contributed by atoms with E-state index >= 15 is 0 Å². The summed E-state index contributed by atoms with van der Waals surface area (Å²) in [5.41, 5.74) is -1.53. The standard InChI is InChI=1S/C12H22BrF2NO3/c1-10(2,3)19-9(17)16-7-11(4,6-13)18-8-12(5,14)15/h6-8H2,1-5H3,(H,16,17). The van der Waals surface area contributed by atoms with Crippen molar-refractivity contribution in [1.82, 2.24) is 5.32 Å². The molecule has 19 heavy (non-hydrogen) atoms. The second-order valence-corrected chi connectivity index (χ2v) is 6.36. The van der Waals surface area contributed by atoms with Crippen LogP contribution in [0.25, 0.3) is 0 Å². The van der Waals surface area contributed by atoms with Crippen molar-refractivity contribution in [3.63, 3.8) is 0 Å². The normalized spacial score (nSPS) is 15.8. The minimum Gasteiger partial charge on any atom is -0.444 e. The van der Waals surface area contributed by atoms with E-state index in [1.807, 2.05) is 0 Å². The van der Waals surface area contributed by atoms with Crippen LogP contribution in [-0.4, -0.2) is 41.7 Å². The van der Waals surface area contributed by atoms with E-state index in [9.17, 15) is 13.6 Å². The minimum atomic E-state index is -2.91. The van der Waals surface area contributed by atoms with Crippen molar-refractivity contribution in [2.45, 2.75) is 51.7 Å². The summed E-state index contributed by atoms with van der Waals surface area (Å²) < 4.78 is 35.7. The fraction of sp³-hybridized carbons (Fsp3) is 0.917. The molecule has 0 aromatic heterocycles. The Kier molecular flexibility index (Phi) is 6.68. The molecule has 0 aromatic rings. The first-order valence-corrected chi connectivity index (χ1v) is 7.04. The van der Waals surface area contributed by atoms with Crippen LogP contribution in [0, 0.1) is 0 Å². The van der Waals surface area contributed by atoms with Gasteiger partial charge in [-0.05, 0) is 27.7 Å². The highest BCUT2D eigenvalue weighted by Gasteiger charge is 2.31. The predicted octanol–water partition coefficient (Wildman–Crippen LogP) is 3.34. The van der Waals surface area contributed by atoms with E-state index in [2.05, 4.69) is 21.2 Å². The number of carbonyl (C=O) groups is 1. The zero-order chi connectivity index (χ0) is 15.3. The van der Waals surface area contributed by atoms with Crippen LogP contribution in [-0.2, 0) is 9.47 Å². The van der Waals surface area contributed by atoms with Gasteiger partial charge in [0.15, 0.2) is 0 Å². The summed E-state index contributed by atoms with van der Waals surface area (Å²) in [5, 5.41) is 2.82. The van der Waals surface area contributed by atoms with Crippen molar-refractivity contribution in [3.8, 4) is 0 Å². The van der Waals surface area contributed by atoms with Crippen LogP contribution in [0.5, 0.6) is 0 Å². The van der Waals surface area contributed by atoms with E-state index in [0.717, 1.165) is 6.92 Å². The van der Waals surface area contributed by atoms with E-state index in [4.69, 9.17) is 9.47 Å². The first-order chi connectivity index (χ1) is 8.37. The van der Waals surface area contributed by atoms with Crippen LogP contribution in [0.15, 0.2) is 0 Å². The highest BCUT2D eigenvalue weighted by Crippen LogP contribution is 2.19. The van der Waals surface area contributed by atoms with Gasteiger partial charge in [0, 0.05) is 12.3 Å². The van der Waals surface area contributed by atoms with Crippen molar-refractivity contribution >= 4 is 22.0 Å². The number of hydrogen-bond acceptors (Lipinski definition) is 3. The maximum Gasteiger partial charge on any atom is 0.407 e. The zero-order valence-electron chi connectivity index (χ0n) is 12.0. The number of rotatable bonds is 6. The Morgan fingerprint density at radius 3 is 2.11 bits per heavy atom. The fourth-order valence-corrected chi connectivity index (χ4v) is 1.37. The second-order valence-electron chi connectivity index (χ2n) is 5.80. The van der Waals surface area contributed by atoms with Gasteiger partial charge in [-0.25, -0.2) is 13.6 Å². The highest BCUT2D eigenvalue weighted by molar-refractivity contribution is 9.09. The molecule has 0 aromatic carbocycles. The average Bonchev–Trinajstić information content (AvgIpc) is 2.20. The fourth-order valence-electron chi connectivity index (χ4n) is 1.01. The molecule has 0 fully saturated rings. The largest absolute Gasteiger partial charge is 0.444 e. The Balaban J connectivity index is 4.28. The number of carbonyl (C=O) groups excluding carboxylic acids is 1. The highest BCUT2D eigenvalue weighted by atomic mass is 79.9. The molecule has 0 saturated heterocycles. The van der Waals surface area contributed by atoms with Crippen LogP contribution in [0.4, 0.5) is 13.6 Å². The molecule has 1 N–H and O–H groups in total. The summed E-state index contributed by atoms with van der Waals surface area (Å²) in [4.78, 5) is 11.5.